The van der Waals surface area contributed by atoms with E-state index < -0.39 is 0 Å². The Bertz CT molecular complexity index is 532. The molecule has 1 N–H and O–H groups in total. The second-order valence-electron chi connectivity index (χ2n) is 7.27. The molecule has 0 spiro atoms. The summed E-state index contributed by atoms with van der Waals surface area (Å²) in [6.07, 6.45) is 2.57. The van der Waals surface area contributed by atoms with E-state index in [0.717, 1.165) is 17.8 Å². The van der Waals surface area contributed by atoms with Crippen molar-refractivity contribution in [1.29, 1.82) is 5.26 Å². The standard InChI is InChI=1S/C18H27N3/c1-13(18(2,3)4)21(5)17-9-6-14(10-15(17)11-19)12-20-16-7-8-16/h6,9-10,13,16,20H,7-8,12H2,1-5H3. The third-order valence-corrected chi connectivity index (χ3v) is 4.57. The van der Waals surface area contributed by atoms with Crippen molar-refractivity contribution in [3.63, 3.8) is 0 Å². The summed E-state index contributed by atoms with van der Waals surface area (Å²) in [6.45, 7) is 9.76. The Hall–Kier alpha value is -1.53. The van der Waals surface area contributed by atoms with E-state index in [9.17, 15) is 5.26 Å². The van der Waals surface area contributed by atoms with Gasteiger partial charge in [-0.2, -0.15) is 5.26 Å². The van der Waals surface area contributed by atoms with E-state index in [4.69, 9.17) is 0 Å². The summed E-state index contributed by atoms with van der Waals surface area (Å²) in [5.41, 5.74) is 3.16. The monoisotopic (exact) mass is 285 g/mol. The summed E-state index contributed by atoms with van der Waals surface area (Å²) < 4.78 is 0. The molecule has 1 atom stereocenters. The first-order chi connectivity index (χ1) is 9.82. The Morgan fingerprint density at radius 3 is 2.57 bits per heavy atom. The number of hydrogen-bond acceptors (Lipinski definition) is 3. The van der Waals surface area contributed by atoms with Gasteiger partial charge in [-0.3, -0.25) is 0 Å². The molecule has 0 heterocycles. The molecule has 1 aromatic rings. The third-order valence-electron chi connectivity index (χ3n) is 4.57. The molecule has 1 aliphatic carbocycles. The van der Waals surface area contributed by atoms with Gasteiger partial charge in [0.25, 0.3) is 0 Å². The Labute approximate surface area is 129 Å². The maximum Gasteiger partial charge on any atom is 0.101 e. The summed E-state index contributed by atoms with van der Waals surface area (Å²) in [5.74, 6) is 0. The molecule has 21 heavy (non-hydrogen) atoms. The van der Waals surface area contributed by atoms with Crippen LogP contribution in [-0.2, 0) is 6.54 Å². The Morgan fingerprint density at radius 2 is 2.05 bits per heavy atom. The molecular weight excluding hydrogens is 258 g/mol. The van der Waals surface area contributed by atoms with Gasteiger partial charge < -0.3 is 10.2 Å². The molecule has 1 aromatic carbocycles. The molecule has 1 aliphatic rings. The maximum atomic E-state index is 9.47. The van der Waals surface area contributed by atoms with Gasteiger partial charge in [0.2, 0.25) is 0 Å². The van der Waals surface area contributed by atoms with Gasteiger partial charge in [-0.05, 0) is 42.9 Å². The van der Waals surface area contributed by atoms with Gasteiger partial charge in [0.1, 0.15) is 6.07 Å². The average molecular weight is 285 g/mol. The molecule has 114 valence electrons. The van der Waals surface area contributed by atoms with Gasteiger partial charge in [0, 0.05) is 25.7 Å². The zero-order valence-electron chi connectivity index (χ0n) is 13.9. The quantitative estimate of drug-likeness (QED) is 0.897. The van der Waals surface area contributed by atoms with Crippen LogP contribution in [0.4, 0.5) is 5.69 Å². The van der Waals surface area contributed by atoms with Crippen LogP contribution < -0.4 is 10.2 Å². The van der Waals surface area contributed by atoms with Crippen molar-refractivity contribution in [3.8, 4) is 6.07 Å². The van der Waals surface area contributed by atoms with Crippen LogP contribution in [0.3, 0.4) is 0 Å². The van der Waals surface area contributed by atoms with E-state index in [2.05, 4.69) is 63.2 Å². The smallest absolute Gasteiger partial charge is 0.101 e. The first-order valence-electron chi connectivity index (χ1n) is 7.82. The lowest BCUT2D eigenvalue weighted by Crippen LogP contribution is -2.39. The summed E-state index contributed by atoms with van der Waals surface area (Å²) in [5, 5.41) is 13.0. The lowest BCUT2D eigenvalue weighted by molar-refractivity contribution is 0.329. The van der Waals surface area contributed by atoms with Crippen molar-refractivity contribution in [3.05, 3.63) is 29.3 Å². The van der Waals surface area contributed by atoms with Crippen molar-refractivity contribution >= 4 is 5.69 Å². The van der Waals surface area contributed by atoms with Gasteiger partial charge in [0.15, 0.2) is 0 Å². The topological polar surface area (TPSA) is 39.1 Å². The van der Waals surface area contributed by atoms with Crippen molar-refractivity contribution in [2.24, 2.45) is 5.41 Å². The summed E-state index contributed by atoms with van der Waals surface area (Å²) >= 11 is 0. The number of benzene rings is 1. The molecule has 1 saturated carbocycles. The van der Waals surface area contributed by atoms with Gasteiger partial charge >= 0.3 is 0 Å². The van der Waals surface area contributed by atoms with E-state index in [1.54, 1.807) is 0 Å². The average Bonchev–Trinajstić information content (AvgIpc) is 3.26. The Morgan fingerprint density at radius 1 is 1.38 bits per heavy atom. The lowest BCUT2D eigenvalue weighted by atomic mass is 9.86. The van der Waals surface area contributed by atoms with Crippen LogP contribution in [-0.4, -0.2) is 19.1 Å². The van der Waals surface area contributed by atoms with Crippen molar-refractivity contribution in [2.75, 3.05) is 11.9 Å². The van der Waals surface area contributed by atoms with E-state index in [0.29, 0.717) is 12.1 Å². The SMILES string of the molecule is CC(N(C)c1ccc(CNC2CC2)cc1C#N)C(C)(C)C. The minimum absolute atomic E-state index is 0.174. The van der Waals surface area contributed by atoms with Crippen molar-refractivity contribution in [2.45, 2.75) is 59.2 Å². The van der Waals surface area contributed by atoms with Gasteiger partial charge in [-0.1, -0.05) is 26.8 Å². The lowest BCUT2D eigenvalue weighted by Gasteiger charge is -2.37. The van der Waals surface area contributed by atoms with Crippen LogP contribution in [0.15, 0.2) is 18.2 Å². The van der Waals surface area contributed by atoms with E-state index in [-0.39, 0.29) is 5.41 Å². The Balaban J connectivity index is 2.17. The summed E-state index contributed by atoms with van der Waals surface area (Å²) in [6, 6.07) is 9.66. The minimum Gasteiger partial charge on any atom is -0.370 e. The predicted molar refractivity (Wildman–Crippen MR) is 88.3 cm³/mol. The number of nitrogens with zero attached hydrogens (tertiary/aromatic N) is 2. The zero-order valence-corrected chi connectivity index (χ0v) is 13.9. The van der Waals surface area contributed by atoms with Crippen molar-refractivity contribution < 1.29 is 0 Å². The molecule has 1 fully saturated rings. The molecule has 3 nitrogen and oxygen atoms in total. The Kier molecular flexibility index (Phi) is 4.58. The number of hydrogen-bond donors (Lipinski definition) is 1. The van der Waals surface area contributed by atoms with Crippen LogP contribution in [0, 0.1) is 16.7 Å². The highest BCUT2D eigenvalue weighted by atomic mass is 15.1. The molecule has 0 radical (unpaired) electrons. The molecule has 3 heteroatoms. The molecule has 0 amide bonds. The molecule has 1 unspecified atom stereocenters. The van der Waals surface area contributed by atoms with E-state index in [1.807, 2.05) is 6.07 Å². The molecule has 2 rings (SSSR count). The largest absolute Gasteiger partial charge is 0.370 e. The van der Waals surface area contributed by atoms with Crippen LogP contribution in [0.2, 0.25) is 0 Å². The highest BCUT2D eigenvalue weighted by molar-refractivity contribution is 5.60. The predicted octanol–water partition coefficient (Wildman–Crippen LogP) is 3.68. The minimum atomic E-state index is 0.174. The van der Waals surface area contributed by atoms with Crippen LogP contribution in [0.1, 0.15) is 51.7 Å². The van der Waals surface area contributed by atoms with E-state index in [1.165, 1.54) is 18.4 Å². The van der Waals surface area contributed by atoms with Gasteiger partial charge in [0.05, 0.1) is 11.3 Å². The first kappa shape index (κ1) is 15.9. The van der Waals surface area contributed by atoms with E-state index >= 15 is 0 Å². The first-order valence-corrected chi connectivity index (χ1v) is 7.82. The summed E-state index contributed by atoms with van der Waals surface area (Å²) in [4.78, 5) is 2.22. The number of nitrogens with one attached hydrogen (secondary N) is 1. The molecule has 0 bridgehead atoms. The van der Waals surface area contributed by atoms with Crippen LogP contribution in [0.5, 0.6) is 0 Å². The second kappa shape index (κ2) is 6.07. The van der Waals surface area contributed by atoms with Crippen molar-refractivity contribution in [1.82, 2.24) is 5.32 Å². The molecule has 0 saturated heterocycles. The fourth-order valence-electron chi connectivity index (χ4n) is 2.43. The van der Waals surface area contributed by atoms with Gasteiger partial charge in [-0.25, -0.2) is 0 Å². The number of nitriles is 1. The summed E-state index contributed by atoms with van der Waals surface area (Å²) in [7, 11) is 2.08. The number of rotatable bonds is 5. The second-order valence-corrected chi connectivity index (χ2v) is 7.27. The van der Waals surface area contributed by atoms with Crippen LogP contribution in [0.25, 0.3) is 0 Å². The molecular formula is C18H27N3. The van der Waals surface area contributed by atoms with Crippen LogP contribution >= 0.6 is 0 Å². The highest BCUT2D eigenvalue weighted by Crippen LogP contribution is 2.30. The number of anilines is 1. The normalized spacial score (nSPS) is 16.4. The third kappa shape index (κ3) is 3.98. The molecule has 0 aromatic heterocycles. The fourth-order valence-corrected chi connectivity index (χ4v) is 2.43. The zero-order chi connectivity index (χ0) is 15.6. The fraction of sp³-hybridized carbons (Fsp3) is 0.611. The maximum absolute atomic E-state index is 9.47. The van der Waals surface area contributed by atoms with Gasteiger partial charge in [-0.15, -0.1) is 0 Å². The molecule has 0 aliphatic heterocycles. The highest BCUT2D eigenvalue weighted by Gasteiger charge is 2.25.